The van der Waals surface area contributed by atoms with Crippen molar-refractivity contribution in [3.8, 4) is 0 Å². The summed E-state index contributed by atoms with van der Waals surface area (Å²) in [6.45, 7) is 2.09. The number of benzene rings is 1. The van der Waals surface area contributed by atoms with Gasteiger partial charge in [0.2, 0.25) is 0 Å². The van der Waals surface area contributed by atoms with E-state index in [-0.39, 0.29) is 25.3 Å². The summed E-state index contributed by atoms with van der Waals surface area (Å²) in [5.74, 6) is 0. The number of hydrogen-bond donors (Lipinski definition) is 3. The third kappa shape index (κ3) is 4.86. The van der Waals surface area contributed by atoms with Crippen LogP contribution in [0.4, 0.5) is 0 Å². The largest absolute Gasteiger partial charge is 0.395 e. The van der Waals surface area contributed by atoms with Gasteiger partial charge >= 0.3 is 0 Å². The molecule has 0 saturated heterocycles. The minimum Gasteiger partial charge on any atom is -0.395 e. The maximum atomic E-state index is 9.12. The van der Waals surface area contributed by atoms with Crippen molar-refractivity contribution < 1.29 is 10.2 Å². The highest BCUT2D eigenvalue weighted by Gasteiger charge is 2.15. The summed E-state index contributed by atoms with van der Waals surface area (Å²) in [7, 11) is 0. The number of aliphatic hydroxyl groups is 2. The second-order valence-electron chi connectivity index (χ2n) is 4.33. The van der Waals surface area contributed by atoms with E-state index in [0.29, 0.717) is 0 Å². The zero-order valence-corrected chi connectivity index (χ0v) is 10.5. The molecule has 17 heavy (non-hydrogen) atoms. The maximum absolute atomic E-state index is 9.12. The van der Waals surface area contributed by atoms with Crippen LogP contribution in [0.3, 0.4) is 0 Å². The molecule has 0 spiro atoms. The Labute approximate surface area is 103 Å². The van der Waals surface area contributed by atoms with E-state index in [2.05, 4.69) is 24.4 Å². The molecular formula is C14H23NO2. The van der Waals surface area contributed by atoms with Crippen molar-refractivity contribution in [2.75, 3.05) is 13.2 Å². The molecule has 1 aromatic carbocycles. The van der Waals surface area contributed by atoms with Crippen LogP contribution in [0.25, 0.3) is 0 Å². The van der Waals surface area contributed by atoms with Gasteiger partial charge in [-0.1, -0.05) is 50.1 Å². The van der Waals surface area contributed by atoms with Crippen LogP contribution in [-0.2, 0) is 0 Å². The summed E-state index contributed by atoms with van der Waals surface area (Å²) in [6, 6.07) is 10.2. The molecule has 0 heterocycles. The summed E-state index contributed by atoms with van der Waals surface area (Å²) in [5, 5.41) is 21.6. The lowest BCUT2D eigenvalue weighted by Gasteiger charge is -2.23. The Balaban J connectivity index is 2.66. The Bertz CT molecular complexity index is 286. The van der Waals surface area contributed by atoms with E-state index >= 15 is 0 Å². The van der Waals surface area contributed by atoms with Gasteiger partial charge in [0.05, 0.1) is 19.3 Å². The van der Waals surface area contributed by atoms with Gasteiger partial charge in [0.25, 0.3) is 0 Å². The van der Waals surface area contributed by atoms with Crippen molar-refractivity contribution in [2.45, 2.75) is 38.3 Å². The van der Waals surface area contributed by atoms with Crippen LogP contribution in [0.15, 0.2) is 30.3 Å². The molecule has 0 aliphatic carbocycles. The molecule has 0 fully saturated rings. The monoisotopic (exact) mass is 237 g/mol. The lowest BCUT2D eigenvalue weighted by atomic mass is 10.0. The summed E-state index contributed by atoms with van der Waals surface area (Å²) in [5.41, 5.74) is 1.22. The Morgan fingerprint density at radius 3 is 2.29 bits per heavy atom. The molecule has 1 atom stereocenters. The van der Waals surface area contributed by atoms with Gasteiger partial charge in [-0.25, -0.2) is 0 Å². The second-order valence-corrected chi connectivity index (χ2v) is 4.33. The third-order valence-corrected chi connectivity index (χ3v) is 2.93. The summed E-state index contributed by atoms with van der Waals surface area (Å²) >= 11 is 0. The van der Waals surface area contributed by atoms with Crippen LogP contribution in [-0.4, -0.2) is 29.5 Å². The Morgan fingerprint density at radius 1 is 1.12 bits per heavy atom. The van der Waals surface area contributed by atoms with Gasteiger partial charge in [0.1, 0.15) is 0 Å². The topological polar surface area (TPSA) is 52.5 Å². The molecule has 1 rings (SSSR count). The lowest BCUT2D eigenvalue weighted by molar-refractivity contribution is 0.160. The molecule has 0 saturated carbocycles. The number of nitrogens with one attached hydrogen (secondary N) is 1. The van der Waals surface area contributed by atoms with Crippen molar-refractivity contribution in [2.24, 2.45) is 0 Å². The van der Waals surface area contributed by atoms with E-state index in [1.807, 2.05) is 18.2 Å². The van der Waals surface area contributed by atoms with Crippen LogP contribution in [0, 0.1) is 0 Å². The highest BCUT2D eigenvalue weighted by atomic mass is 16.3. The average molecular weight is 237 g/mol. The number of unbranched alkanes of at least 4 members (excludes halogenated alkanes) is 1. The van der Waals surface area contributed by atoms with E-state index in [1.165, 1.54) is 5.56 Å². The number of hydrogen-bond acceptors (Lipinski definition) is 3. The molecular weight excluding hydrogens is 214 g/mol. The first-order chi connectivity index (χ1) is 8.31. The standard InChI is InChI=1S/C14H23NO2/c1-2-3-9-14(15-13(10-16)11-17)12-7-5-4-6-8-12/h4-8,13-17H,2-3,9-11H2,1H3. The Kier molecular flexibility index (Phi) is 6.86. The predicted octanol–water partition coefficient (Wildman–Crippen LogP) is 1.86. The Hall–Kier alpha value is -0.900. The first-order valence-electron chi connectivity index (χ1n) is 6.34. The second kappa shape index (κ2) is 8.23. The van der Waals surface area contributed by atoms with Crippen molar-refractivity contribution >= 4 is 0 Å². The fourth-order valence-electron chi connectivity index (χ4n) is 1.89. The van der Waals surface area contributed by atoms with Crippen molar-refractivity contribution in [3.63, 3.8) is 0 Å². The molecule has 0 aliphatic rings. The van der Waals surface area contributed by atoms with Crippen LogP contribution < -0.4 is 5.32 Å². The molecule has 0 bridgehead atoms. The van der Waals surface area contributed by atoms with E-state index in [4.69, 9.17) is 10.2 Å². The molecule has 1 unspecified atom stereocenters. The summed E-state index contributed by atoms with van der Waals surface area (Å²) in [4.78, 5) is 0. The molecule has 3 heteroatoms. The van der Waals surface area contributed by atoms with Gasteiger partial charge in [-0.15, -0.1) is 0 Å². The van der Waals surface area contributed by atoms with E-state index < -0.39 is 0 Å². The quantitative estimate of drug-likeness (QED) is 0.647. The SMILES string of the molecule is CCCCC(NC(CO)CO)c1ccccc1. The van der Waals surface area contributed by atoms with E-state index in [1.54, 1.807) is 0 Å². The molecule has 0 radical (unpaired) electrons. The minimum absolute atomic E-state index is 0.0358. The smallest absolute Gasteiger partial charge is 0.0607 e. The van der Waals surface area contributed by atoms with Gasteiger partial charge in [-0.3, -0.25) is 0 Å². The van der Waals surface area contributed by atoms with Gasteiger partial charge in [-0.05, 0) is 12.0 Å². The molecule has 1 aromatic rings. The van der Waals surface area contributed by atoms with Gasteiger partial charge < -0.3 is 15.5 Å². The first kappa shape index (κ1) is 14.2. The maximum Gasteiger partial charge on any atom is 0.0607 e. The summed E-state index contributed by atoms with van der Waals surface area (Å²) < 4.78 is 0. The molecule has 3 nitrogen and oxygen atoms in total. The molecule has 0 aromatic heterocycles. The van der Waals surface area contributed by atoms with Crippen LogP contribution in [0.1, 0.15) is 37.8 Å². The van der Waals surface area contributed by atoms with Crippen LogP contribution in [0.2, 0.25) is 0 Å². The zero-order chi connectivity index (χ0) is 12.5. The van der Waals surface area contributed by atoms with E-state index in [9.17, 15) is 0 Å². The summed E-state index contributed by atoms with van der Waals surface area (Å²) in [6.07, 6.45) is 3.31. The highest BCUT2D eigenvalue weighted by Crippen LogP contribution is 2.19. The van der Waals surface area contributed by atoms with E-state index in [0.717, 1.165) is 19.3 Å². The van der Waals surface area contributed by atoms with Crippen LogP contribution >= 0.6 is 0 Å². The minimum atomic E-state index is -0.239. The lowest BCUT2D eigenvalue weighted by Crippen LogP contribution is -2.38. The number of aliphatic hydroxyl groups excluding tert-OH is 2. The predicted molar refractivity (Wildman–Crippen MR) is 69.8 cm³/mol. The average Bonchev–Trinajstić information content (AvgIpc) is 2.40. The normalized spacial score (nSPS) is 12.9. The van der Waals surface area contributed by atoms with Crippen molar-refractivity contribution in [1.82, 2.24) is 5.32 Å². The van der Waals surface area contributed by atoms with Gasteiger partial charge in [0.15, 0.2) is 0 Å². The van der Waals surface area contributed by atoms with Crippen LogP contribution in [0.5, 0.6) is 0 Å². The Morgan fingerprint density at radius 2 is 1.76 bits per heavy atom. The molecule has 0 aliphatic heterocycles. The fraction of sp³-hybridized carbons (Fsp3) is 0.571. The van der Waals surface area contributed by atoms with Crippen molar-refractivity contribution in [3.05, 3.63) is 35.9 Å². The first-order valence-corrected chi connectivity index (χ1v) is 6.34. The molecule has 96 valence electrons. The fourth-order valence-corrected chi connectivity index (χ4v) is 1.89. The highest BCUT2D eigenvalue weighted by molar-refractivity contribution is 5.19. The number of rotatable bonds is 8. The molecule has 3 N–H and O–H groups in total. The van der Waals surface area contributed by atoms with Gasteiger partial charge in [-0.2, -0.15) is 0 Å². The van der Waals surface area contributed by atoms with Gasteiger partial charge in [0, 0.05) is 6.04 Å². The zero-order valence-electron chi connectivity index (χ0n) is 10.5. The third-order valence-electron chi connectivity index (χ3n) is 2.93. The molecule has 0 amide bonds. The van der Waals surface area contributed by atoms with Crippen molar-refractivity contribution in [1.29, 1.82) is 0 Å².